The van der Waals surface area contributed by atoms with E-state index in [1.807, 2.05) is 0 Å². The lowest BCUT2D eigenvalue weighted by atomic mass is 10.2. The lowest BCUT2D eigenvalue weighted by molar-refractivity contribution is -0.118. The summed E-state index contributed by atoms with van der Waals surface area (Å²) < 4.78 is 28.2. The highest BCUT2D eigenvalue weighted by Crippen LogP contribution is 2.38. The lowest BCUT2D eigenvalue weighted by Gasteiger charge is -2.20. The van der Waals surface area contributed by atoms with Crippen LogP contribution in [0.4, 0.5) is 0 Å². The molecule has 1 atom stereocenters. The number of hydrogen-bond donors (Lipinski definition) is 1. The molecule has 0 spiro atoms. The summed E-state index contributed by atoms with van der Waals surface area (Å²) in [5, 5.41) is 3.08. The summed E-state index contributed by atoms with van der Waals surface area (Å²) in [6.07, 6.45) is 1.53. The van der Waals surface area contributed by atoms with Gasteiger partial charge in [0.2, 0.25) is 5.91 Å². The molecule has 1 unspecified atom stereocenters. The first-order valence-electron chi connectivity index (χ1n) is 7.34. The van der Waals surface area contributed by atoms with E-state index in [0.717, 1.165) is 5.56 Å². The number of fused-ring (bicyclic) bond motifs is 1. The topological polar surface area (TPSA) is 77.8 Å². The molecule has 6 nitrogen and oxygen atoms in total. The molecule has 1 aromatic carbocycles. The van der Waals surface area contributed by atoms with Gasteiger partial charge >= 0.3 is 0 Å². The van der Waals surface area contributed by atoms with Crippen LogP contribution in [0.15, 0.2) is 34.9 Å². The molecule has 0 bridgehead atoms. The Labute approximate surface area is 146 Å². The van der Waals surface area contributed by atoms with E-state index in [4.69, 9.17) is 25.5 Å². The minimum Gasteiger partial charge on any atom is -0.486 e. The van der Waals surface area contributed by atoms with Gasteiger partial charge in [0, 0.05) is 16.6 Å². The van der Waals surface area contributed by atoms with Crippen molar-refractivity contribution in [3.8, 4) is 11.5 Å². The summed E-state index contributed by atoms with van der Waals surface area (Å²) in [6.45, 7) is 1.18. The second-order valence-corrected chi connectivity index (χ2v) is 7.05. The van der Waals surface area contributed by atoms with Gasteiger partial charge in [-0.25, -0.2) is 0 Å². The smallest absolute Gasteiger partial charge is 0.233 e. The standard InChI is InChI=1S/C16H16ClNO5S/c17-13-6-11(7-14-16(13)23-5-4-22-14)9-24(20)10-15(19)18-8-12-2-1-3-21-12/h1-3,6-7H,4-5,8-10H2,(H,18,19). The number of amides is 1. The second kappa shape index (κ2) is 7.72. The normalized spacial score (nSPS) is 14.2. The molecule has 2 aromatic rings. The molecule has 1 N–H and O–H groups in total. The van der Waals surface area contributed by atoms with Crippen molar-refractivity contribution in [2.24, 2.45) is 0 Å². The van der Waals surface area contributed by atoms with Gasteiger partial charge < -0.3 is 19.2 Å². The largest absolute Gasteiger partial charge is 0.486 e. The zero-order valence-corrected chi connectivity index (χ0v) is 14.3. The fourth-order valence-electron chi connectivity index (χ4n) is 2.28. The quantitative estimate of drug-likeness (QED) is 0.845. The van der Waals surface area contributed by atoms with Crippen LogP contribution in [0.5, 0.6) is 11.5 Å². The van der Waals surface area contributed by atoms with E-state index in [0.29, 0.717) is 35.5 Å². The fourth-order valence-corrected chi connectivity index (χ4v) is 3.60. The van der Waals surface area contributed by atoms with Crippen molar-refractivity contribution in [1.82, 2.24) is 5.32 Å². The van der Waals surface area contributed by atoms with E-state index >= 15 is 0 Å². The van der Waals surface area contributed by atoms with Gasteiger partial charge in [-0.1, -0.05) is 11.6 Å². The summed E-state index contributed by atoms with van der Waals surface area (Å²) in [5.74, 6) is 1.52. The second-order valence-electron chi connectivity index (χ2n) is 5.19. The maximum atomic E-state index is 12.2. The van der Waals surface area contributed by atoms with E-state index < -0.39 is 10.8 Å². The number of carbonyl (C=O) groups is 1. The molecular formula is C16H16ClNO5S. The monoisotopic (exact) mass is 369 g/mol. The molecule has 1 amide bonds. The van der Waals surface area contributed by atoms with Crippen LogP contribution in [0.1, 0.15) is 11.3 Å². The third-order valence-electron chi connectivity index (χ3n) is 3.32. The molecule has 0 saturated carbocycles. The third-order valence-corrected chi connectivity index (χ3v) is 4.84. The summed E-state index contributed by atoms with van der Waals surface area (Å²) in [4.78, 5) is 11.8. The van der Waals surface area contributed by atoms with Crippen molar-refractivity contribution in [2.75, 3.05) is 19.0 Å². The summed E-state index contributed by atoms with van der Waals surface area (Å²) >= 11 is 6.15. The Bertz CT molecular complexity index is 747. The Morgan fingerprint density at radius 1 is 1.29 bits per heavy atom. The van der Waals surface area contributed by atoms with E-state index in [1.165, 1.54) is 6.26 Å². The number of benzene rings is 1. The minimum atomic E-state index is -1.36. The average Bonchev–Trinajstić information content (AvgIpc) is 3.06. The molecule has 1 aromatic heterocycles. The number of furan rings is 1. The van der Waals surface area contributed by atoms with Gasteiger partial charge in [-0.3, -0.25) is 9.00 Å². The molecule has 0 radical (unpaired) electrons. The molecule has 3 rings (SSSR count). The van der Waals surface area contributed by atoms with Gasteiger partial charge in [-0.15, -0.1) is 0 Å². The van der Waals surface area contributed by atoms with Crippen molar-refractivity contribution in [2.45, 2.75) is 12.3 Å². The van der Waals surface area contributed by atoms with Crippen LogP contribution in [0, 0.1) is 0 Å². The van der Waals surface area contributed by atoms with Crippen LogP contribution >= 0.6 is 11.6 Å². The van der Waals surface area contributed by atoms with Crippen LogP contribution in [0.2, 0.25) is 5.02 Å². The zero-order chi connectivity index (χ0) is 16.9. The maximum Gasteiger partial charge on any atom is 0.233 e. The summed E-state index contributed by atoms with van der Waals surface area (Å²) in [5.41, 5.74) is 0.737. The summed E-state index contributed by atoms with van der Waals surface area (Å²) in [6, 6.07) is 6.94. The maximum absolute atomic E-state index is 12.2. The Hall–Kier alpha value is -1.99. The van der Waals surface area contributed by atoms with E-state index in [2.05, 4.69) is 5.32 Å². The number of nitrogens with one attached hydrogen (secondary N) is 1. The Balaban J connectivity index is 1.54. The highest BCUT2D eigenvalue weighted by Gasteiger charge is 2.18. The molecular weight excluding hydrogens is 354 g/mol. The molecule has 24 heavy (non-hydrogen) atoms. The van der Waals surface area contributed by atoms with Crippen LogP contribution < -0.4 is 14.8 Å². The number of rotatable bonds is 6. The zero-order valence-electron chi connectivity index (χ0n) is 12.7. The molecule has 2 heterocycles. The predicted octanol–water partition coefficient (Wildman–Crippen LogP) is 2.27. The van der Waals surface area contributed by atoms with E-state index in [1.54, 1.807) is 24.3 Å². The van der Waals surface area contributed by atoms with Crippen LogP contribution in [-0.4, -0.2) is 29.1 Å². The number of ether oxygens (including phenoxy) is 2. The van der Waals surface area contributed by atoms with E-state index in [-0.39, 0.29) is 24.0 Å². The molecule has 0 aliphatic carbocycles. The van der Waals surface area contributed by atoms with Gasteiger partial charge in [-0.2, -0.15) is 0 Å². The number of carbonyl (C=O) groups excluding carboxylic acids is 1. The van der Waals surface area contributed by atoms with Gasteiger partial charge in [-0.05, 0) is 29.8 Å². The van der Waals surface area contributed by atoms with Gasteiger partial charge in [0.25, 0.3) is 0 Å². The number of hydrogen-bond acceptors (Lipinski definition) is 5. The highest BCUT2D eigenvalue weighted by molar-refractivity contribution is 7.84. The Kier molecular flexibility index (Phi) is 5.42. The first-order valence-corrected chi connectivity index (χ1v) is 9.20. The summed E-state index contributed by atoms with van der Waals surface area (Å²) in [7, 11) is -1.36. The Morgan fingerprint density at radius 2 is 2.12 bits per heavy atom. The molecule has 0 fully saturated rings. The van der Waals surface area contributed by atoms with Crippen molar-refractivity contribution < 1.29 is 22.9 Å². The molecule has 1 aliphatic heterocycles. The van der Waals surface area contributed by atoms with Crippen molar-refractivity contribution in [3.05, 3.63) is 46.9 Å². The van der Waals surface area contributed by atoms with Crippen molar-refractivity contribution >= 4 is 28.3 Å². The average molecular weight is 370 g/mol. The molecule has 1 aliphatic rings. The molecule has 128 valence electrons. The molecule has 0 saturated heterocycles. The van der Waals surface area contributed by atoms with Crippen molar-refractivity contribution in [1.29, 1.82) is 0 Å². The van der Waals surface area contributed by atoms with Crippen LogP contribution in [0.3, 0.4) is 0 Å². The van der Waals surface area contributed by atoms with Gasteiger partial charge in [0.05, 0.1) is 17.8 Å². The molecule has 8 heteroatoms. The fraction of sp³-hybridized carbons (Fsp3) is 0.312. The first-order chi connectivity index (χ1) is 11.6. The Morgan fingerprint density at radius 3 is 2.92 bits per heavy atom. The van der Waals surface area contributed by atoms with Crippen molar-refractivity contribution in [3.63, 3.8) is 0 Å². The highest BCUT2D eigenvalue weighted by atomic mass is 35.5. The predicted molar refractivity (Wildman–Crippen MR) is 89.7 cm³/mol. The van der Waals surface area contributed by atoms with Gasteiger partial charge in [0.15, 0.2) is 11.5 Å². The lowest BCUT2D eigenvalue weighted by Crippen LogP contribution is -2.28. The first kappa shape index (κ1) is 16.9. The SMILES string of the molecule is O=C(CS(=O)Cc1cc(Cl)c2c(c1)OCCO2)NCc1ccco1. The minimum absolute atomic E-state index is 0.0905. The van der Waals surface area contributed by atoms with Crippen LogP contribution in [-0.2, 0) is 27.9 Å². The number of halogens is 1. The van der Waals surface area contributed by atoms with E-state index in [9.17, 15) is 9.00 Å². The van der Waals surface area contributed by atoms with Crippen LogP contribution in [0.25, 0.3) is 0 Å². The third kappa shape index (κ3) is 4.30. The van der Waals surface area contributed by atoms with Gasteiger partial charge in [0.1, 0.15) is 24.7 Å².